The summed E-state index contributed by atoms with van der Waals surface area (Å²) in [6.07, 6.45) is 2.49. The summed E-state index contributed by atoms with van der Waals surface area (Å²) >= 11 is 3.46. The number of hydrogen-bond acceptors (Lipinski definition) is 3. The molecule has 4 nitrogen and oxygen atoms in total. The third-order valence-corrected chi connectivity index (χ3v) is 4.48. The van der Waals surface area contributed by atoms with Crippen molar-refractivity contribution in [2.75, 3.05) is 20.2 Å². The first-order valence-electron chi connectivity index (χ1n) is 8.08. The largest absolute Gasteiger partial charge is 0.484 e. The molecular weight excluding hydrogens is 380 g/mol. The molecule has 3 rings (SSSR count). The third-order valence-electron chi connectivity index (χ3n) is 3.99. The number of ether oxygens (including phenoxy) is 1. The Bertz CT molecular complexity index is 868. The first-order valence-corrected chi connectivity index (χ1v) is 8.87. The van der Waals surface area contributed by atoms with Gasteiger partial charge in [-0.25, -0.2) is 0 Å². The highest BCUT2D eigenvalue weighted by Crippen LogP contribution is 2.24. The normalized spacial score (nSPS) is 10.6. The minimum atomic E-state index is -0.0492. The molecule has 0 N–H and O–H groups in total. The second-order valence-electron chi connectivity index (χ2n) is 5.83. The molecule has 25 heavy (non-hydrogen) atoms. The van der Waals surface area contributed by atoms with Crippen molar-refractivity contribution in [3.63, 3.8) is 0 Å². The van der Waals surface area contributed by atoms with Gasteiger partial charge >= 0.3 is 0 Å². The SMILES string of the molecule is CN(CCc1ccccn1)C(=O)COc1ccc2cc(Br)ccc2c1. The average Bonchev–Trinajstić information content (AvgIpc) is 2.64. The summed E-state index contributed by atoms with van der Waals surface area (Å²) in [5.41, 5.74) is 0.976. The van der Waals surface area contributed by atoms with Crippen LogP contribution in [0.2, 0.25) is 0 Å². The summed E-state index contributed by atoms with van der Waals surface area (Å²) in [6.45, 7) is 0.645. The fraction of sp³-hybridized carbons (Fsp3) is 0.200. The van der Waals surface area contributed by atoms with Gasteiger partial charge in [-0.05, 0) is 47.2 Å². The van der Waals surface area contributed by atoms with E-state index in [0.717, 1.165) is 27.4 Å². The Kier molecular flexibility index (Phi) is 5.66. The number of rotatable bonds is 6. The zero-order valence-corrected chi connectivity index (χ0v) is 15.6. The third kappa shape index (κ3) is 4.79. The molecule has 0 spiro atoms. The number of hydrogen-bond donors (Lipinski definition) is 0. The molecule has 0 atom stereocenters. The number of pyridine rings is 1. The predicted octanol–water partition coefficient (Wildman–Crippen LogP) is 4.08. The summed E-state index contributed by atoms with van der Waals surface area (Å²) < 4.78 is 6.70. The van der Waals surface area contributed by atoms with Gasteiger partial charge in [0.2, 0.25) is 0 Å². The molecule has 0 saturated carbocycles. The van der Waals surface area contributed by atoms with Crippen LogP contribution >= 0.6 is 15.9 Å². The van der Waals surface area contributed by atoms with Gasteiger partial charge in [-0.15, -0.1) is 0 Å². The number of carbonyl (C=O) groups excluding carboxylic acids is 1. The zero-order chi connectivity index (χ0) is 17.6. The predicted molar refractivity (Wildman–Crippen MR) is 103 cm³/mol. The van der Waals surface area contributed by atoms with Crippen molar-refractivity contribution >= 4 is 32.6 Å². The van der Waals surface area contributed by atoms with Crippen molar-refractivity contribution in [2.24, 2.45) is 0 Å². The average molecular weight is 399 g/mol. The monoisotopic (exact) mass is 398 g/mol. The van der Waals surface area contributed by atoms with E-state index < -0.39 is 0 Å². The maximum atomic E-state index is 12.2. The van der Waals surface area contributed by atoms with Crippen molar-refractivity contribution in [1.29, 1.82) is 0 Å². The Balaban J connectivity index is 1.53. The lowest BCUT2D eigenvalue weighted by molar-refractivity contribution is -0.132. The second-order valence-corrected chi connectivity index (χ2v) is 6.74. The zero-order valence-electron chi connectivity index (χ0n) is 14.0. The van der Waals surface area contributed by atoms with Crippen molar-refractivity contribution in [2.45, 2.75) is 6.42 Å². The topological polar surface area (TPSA) is 42.4 Å². The summed E-state index contributed by atoms with van der Waals surface area (Å²) in [6, 6.07) is 17.7. The van der Waals surface area contributed by atoms with Gasteiger partial charge in [0.1, 0.15) is 5.75 Å². The van der Waals surface area contributed by atoms with Gasteiger partial charge in [-0.1, -0.05) is 34.1 Å². The van der Waals surface area contributed by atoms with Gasteiger partial charge < -0.3 is 9.64 Å². The van der Waals surface area contributed by atoms with Crippen LogP contribution in [0.15, 0.2) is 65.3 Å². The Morgan fingerprint density at radius 1 is 1.12 bits per heavy atom. The van der Waals surface area contributed by atoms with Crippen molar-refractivity contribution in [3.8, 4) is 5.75 Å². The van der Waals surface area contributed by atoms with Crippen LogP contribution in [0, 0.1) is 0 Å². The molecule has 0 fully saturated rings. The number of aromatic nitrogens is 1. The first-order chi connectivity index (χ1) is 12.1. The van der Waals surface area contributed by atoms with Gasteiger partial charge in [0.25, 0.3) is 5.91 Å². The Hall–Kier alpha value is -2.40. The molecule has 0 bridgehead atoms. The van der Waals surface area contributed by atoms with Crippen molar-refractivity contribution in [3.05, 3.63) is 71.0 Å². The summed E-state index contributed by atoms with van der Waals surface area (Å²) in [5.74, 6) is 0.646. The lowest BCUT2D eigenvalue weighted by Crippen LogP contribution is -2.33. The van der Waals surface area contributed by atoms with E-state index >= 15 is 0 Å². The molecule has 128 valence electrons. The van der Waals surface area contributed by atoms with Crippen LogP contribution in [-0.2, 0) is 11.2 Å². The number of nitrogens with zero attached hydrogens (tertiary/aromatic N) is 2. The van der Waals surface area contributed by atoms with Crippen LogP contribution in [0.5, 0.6) is 5.75 Å². The molecule has 0 aliphatic rings. The molecule has 0 aliphatic heterocycles. The minimum Gasteiger partial charge on any atom is -0.484 e. The van der Waals surface area contributed by atoms with Gasteiger partial charge in [0, 0.05) is 36.4 Å². The van der Waals surface area contributed by atoms with E-state index in [9.17, 15) is 4.79 Å². The van der Waals surface area contributed by atoms with Crippen LogP contribution in [0.25, 0.3) is 10.8 Å². The summed E-state index contributed by atoms with van der Waals surface area (Å²) in [7, 11) is 1.78. The Morgan fingerprint density at radius 3 is 2.72 bits per heavy atom. The van der Waals surface area contributed by atoms with Crippen LogP contribution in [0.4, 0.5) is 0 Å². The maximum absolute atomic E-state index is 12.2. The van der Waals surface area contributed by atoms with Crippen molar-refractivity contribution < 1.29 is 9.53 Å². The minimum absolute atomic E-state index is 0.0285. The quantitative estimate of drug-likeness (QED) is 0.628. The fourth-order valence-corrected chi connectivity index (χ4v) is 2.87. The maximum Gasteiger partial charge on any atom is 0.260 e. The molecule has 1 amide bonds. The number of carbonyl (C=O) groups is 1. The molecule has 2 aromatic carbocycles. The number of fused-ring (bicyclic) bond motifs is 1. The van der Waals surface area contributed by atoms with E-state index in [1.807, 2.05) is 48.5 Å². The van der Waals surface area contributed by atoms with Crippen LogP contribution < -0.4 is 4.74 Å². The number of likely N-dealkylation sites (N-methyl/N-ethyl adjacent to an activating group) is 1. The summed E-state index contributed by atoms with van der Waals surface area (Å²) in [4.78, 5) is 18.2. The Morgan fingerprint density at radius 2 is 1.92 bits per heavy atom. The fourth-order valence-electron chi connectivity index (χ4n) is 2.49. The molecule has 1 heterocycles. The molecular formula is C20H19BrN2O2. The van der Waals surface area contributed by atoms with Crippen molar-refractivity contribution in [1.82, 2.24) is 9.88 Å². The molecule has 1 aromatic heterocycles. The smallest absolute Gasteiger partial charge is 0.260 e. The van der Waals surface area contributed by atoms with E-state index in [1.54, 1.807) is 18.1 Å². The van der Waals surface area contributed by atoms with E-state index in [2.05, 4.69) is 27.0 Å². The van der Waals surface area contributed by atoms with Gasteiger partial charge in [-0.2, -0.15) is 0 Å². The number of halogens is 1. The molecule has 5 heteroatoms. The van der Waals surface area contributed by atoms with Crippen LogP contribution in [0.1, 0.15) is 5.69 Å². The second kappa shape index (κ2) is 8.12. The van der Waals surface area contributed by atoms with E-state index in [-0.39, 0.29) is 12.5 Å². The lowest BCUT2D eigenvalue weighted by Gasteiger charge is -2.17. The highest BCUT2D eigenvalue weighted by Gasteiger charge is 2.10. The first kappa shape index (κ1) is 17.4. The number of amides is 1. The molecule has 0 radical (unpaired) electrons. The number of benzene rings is 2. The van der Waals surface area contributed by atoms with Gasteiger partial charge in [0.05, 0.1) is 0 Å². The molecule has 0 aliphatic carbocycles. The van der Waals surface area contributed by atoms with Gasteiger partial charge in [0.15, 0.2) is 6.61 Å². The van der Waals surface area contributed by atoms with E-state index in [4.69, 9.17) is 4.74 Å². The standard InChI is InChI=1S/C20H19BrN2O2/c1-23(11-9-18-4-2-3-10-22-18)20(24)14-25-19-8-6-15-12-17(21)7-5-16(15)13-19/h2-8,10,12-13H,9,11,14H2,1H3. The molecule has 0 saturated heterocycles. The Labute approximate surface area is 155 Å². The molecule has 0 unspecified atom stereocenters. The van der Waals surface area contributed by atoms with E-state index in [1.165, 1.54) is 0 Å². The lowest BCUT2D eigenvalue weighted by atomic mass is 10.1. The van der Waals surface area contributed by atoms with Gasteiger partial charge in [-0.3, -0.25) is 9.78 Å². The highest BCUT2D eigenvalue weighted by atomic mass is 79.9. The van der Waals surface area contributed by atoms with E-state index in [0.29, 0.717) is 12.3 Å². The van der Waals surface area contributed by atoms with Crippen LogP contribution in [0.3, 0.4) is 0 Å². The highest BCUT2D eigenvalue weighted by molar-refractivity contribution is 9.10. The molecule has 3 aromatic rings. The van der Waals surface area contributed by atoms with Crippen LogP contribution in [-0.4, -0.2) is 36.0 Å². The summed E-state index contributed by atoms with van der Waals surface area (Å²) in [5, 5.41) is 2.21.